The standard InChI is InChI=1S/C27H36N4O10/c1-27(2,3)41-26(37)29-11-13-39-15-14-38-12-10-28-20(32)16-40-19-7-5-6-17-22(19)25(36)31(23(17)34)18-8-9-21(33)30(4)24(18)35/h5-7,18H,8-16H2,1-4H3,(H,28,32)(H,29,37). The van der Waals surface area contributed by atoms with Gasteiger partial charge in [0.05, 0.1) is 37.6 Å². The Balaban J connectivity index is 1.35. The van der Waals surface area contributed by atoms with Crippen LogP contribution in [0.3, 0.4) is 0 Å². The largest absolute Gasteiger partial charge is 0.483 e. The zero-order valence-corrected chi connectivity index (χ0v) is 23.7. The molecular weight excluding hydrogens is 540 g/mol. The van der Waals surface area contributed by atoms with Crippen molar-refractivity contribution in [3.63, 3.8) is 0 Å². The average molecular weight is 577 g/mol. The van der Waals surface area contributed by atoms with Gasteiger partial charge in [-0.1, -0.05) is 6.07 Å². The maximum absolute atomic E-state index is 13.2. The Labute approximate surface area is 237 Å². The summed E-state index contributed by atoms with van der Waals surface area (Å²) in [5.74, 6) is -2.78. The van der Waals surface area contributed by atoms with Gasteiger partial charge in [0.25, 0.3) is 23.6 Å². The topological polar surface area (TPSA) is 170 Å². The van der Waals surface area contributed by atoms with Crippen molar-refractivity contribution in [1.82, 2.24) is 20.4 Å². The number of ether oxygens (including phenoxy) is 4. The SMILES string of the molecule is CN1C(=O)CCC(N2C(=O)c3cccc(OCC(=O)NCCOCCOCCNC(=O)OC(C)(C)C)c3C2=O)C1=O. The molecule has 14 heteroatoms. The lowest BCUT2D eigenvalue weighted by atomic mass is 10.0. The Hall–Kier alpha value is -4.04. The Morgan fingerprint density at radius 1 is 0.951 bits per heavy atom. The third-order valence-corrected chi connectivity index (χ3v) is 6.06. The first-order valence-corrected chi connectivity index (χ1v) is 13.2. The van der Waals surface area contributed by atoms with E-state index in [1.165, 1.54) is 25.2 Å². The van der Waals surface area contributed by atoms with E-state index in [4.69, 9.17) is 18.9 Å². The first-order valence-electron chi connectivity index (χ1n) is 13.2. The number of nitrogens with zero attached hydrogens (tertiary/aromatic N) is 2. The fourth-order valence-electron chi connectivity index (χ4n) is 4.13. The van der Waals surface area contributed by atoms with Crippen LogP contribution in [-0.4, -0.2) is 110 Å². The van der Waals surface area contributed by atoms with Crippen molar-refractivity contribution in [2.75, 3.05) is 53.2 Å². The maximum atomic E-state index is 13.2. The molecule has 0 aromatic heterocycles. The van der Waals surface area contributed by atoms with Crippen molar-refractivity contribution in [3.8, 4) is 5.75 Å². The number of carbonyl (C=O) groups is 6. The first kappa shape index (κ1) is 31.5. The molecule has 0 aliphatic carbocycles. The van der Waals surface area contributed by atoms with E-state index in [0.717, 1.165) is 9.80 Å². The summed E-state index contributed by atoms with van der Waals surface area (Å²) in [6.07, 6.45) is -0.432. The second-order valence-corrected chi connectivity index (χ2v) is 10.3. The van der Waals surface area contributed by atoms with Crippen molar-refractivity contribution in [2.24, 2.45) is 0 Å². The number of likely N-dealkylation sites (N-methyl/N-ethyl adjacent to an activating group) is 1. The maximum Gasteiger partial charge on any atom is 0.407 e. The highest BCUT2D eigenvalue weighted by molar-refractivity contribution is 6.24. The highest BCUT2D eigenvalue weighted by Crippen LogP contribution is 2.34. The number of rotatable bonds is 13. The summed E-state index contributed by atoms with van der Waals surface area (Å²) < 4.78 is 21.4. The molecule has 3 rings (SSSR count). The van der Waals surface area contributed by atoms with E-state index in [-0.39, 0.29) is 55.4 Å². The van der Waals surface area contributed by atoms with Gasteiger partial charge in [-0.3, -0.25) is 33.8 Å². The number of carbonyl (C=O) groups excluding carboxylic acids is 6. The Morgan fingerprint density at radius 3 is 2.27 bits per heavy atom. The fraction of sp³-hybridized carbons (Fsp3) is 0.556. The van der Waals surface area contributed by atoms with Crippen LogP contribution in [0.5, 0.6) is 5.75 Å². The van der Waals surface area contributed by atoms with E-state index >= 15 is 0 Å². The van der Waals surface area contributed by atoms with Gasteiger partial charge in [-0.2, -0.15) is 0 Å². The Kier molecular flexibility index (Phi) is 10.8. The molecule has 2 heterocycles. The zero-order chi connectivity index (χ0) is 30.2. The molecule has 2 aliphatic rings. The molecule has 41 heavy (non-hydrogen) atoms. The first-order chi connectivity index (χ1) is 19.4. The van der Waals surface area contributed by atoms with E-state index in [2.05, 4.69) is 10.6 Å². The van der Waals surface area contributed by atoms with Crippen LogP contribution in [0.25, 0.3) is 0 Å². The van der Waals surface area contributed by atoms with Gasteiger partial charge in [0.1, 0.15) is 17.4 Å². The van der Waals surface area contributed by atoms with Crippen LogP contribution in [0.4, 0.5) is 4.79 Å². The monoisotopic (exact) mass is 576 g/mol. The number of fused-ring (bicyclic) bond motifs is 1. The molecule has 0 saturated carbocycles. The van der Waals surface area contributed by atoms with Gasteiger partial charge in [-0.25, -0.2) is 4.79 Å². The summed E-state index contributed by atoms with van der Waals surface area (Å²) in [6, 6.07) is 3.34. The van der Waals surface area contributed by atoms with Crippen LogP contribution in [-0.2, 0) is 28.6 Å². The van der Waals surface area contributed by atoms with Gasteiger partial charge >= 0.3 is 6.09 Å². The smallest absolute Gasteiger partial charge is 0.407 e. The van der Waals surface area contributed by atoms with Gasteiger partial charge in [0.2, 0.25) is 5.91 Å². The highest BCUT2D eigenvalue weighted by Gasteiger charge is 2.47. The summed E-state index contributed by atoms with van der Waals surface area (Å²) in [7, 11) is 1.32. The highest BCUT2D eigenvalue weighted by atomic mass is 16.6. The molecule has 14 nitrogen and oxygen atoms in total. The third-order valence-electron chi connectivity index (χ3n) is 6.06. The molecular formula is C27H36N4O10. The van der Waals surface area contributed by atoms with Crippen LogP contribution in [0, 0.1) is 0 Å². The molecule has 0 radical (unpaired) electrons. The summed E-state index contributed by atoms with van der Waals surface area (Å²) in [5.41, 5.74) is -0.527. The molecule has 0 spiro atoms. The molecule has 224 valence electrons. The Bertz CT molecular complexity index is 1180. The van der Waals surface area contributed by atoms with Crippen LogP contribution in [0.15, 0.2) is 18.2 Å². The Morgan fingerprint density at radius 2 is 1.61 bits per heavy atom. The van der Waals surface area contributed by atoms with Gasteiger partial charge in [0.15, 0.2) is 6.61 Å². The van der Waals surface area contributed by atoms with Crippen LogP contribution in [0.2, 0.25) is 0 Å². The van der Waals surface area contributed by atoms with E-state index < -0.39 is 48.0 Å². The molecule has 0 bridgehead atoms. The van der Waals surface area contributed by atoms with Gasteiger partial charge in [-0.15, -0.1) is 0 Å². The van der Waals surface area contributed by atoms with Crippen molar-refractivity contribution in [2.45, 2.75) is 45.3 Å². The van der Waals surface area contributed by atoms with Crippen molar-refractivity contribution >= 4 is 35.6 Å². The summed E-state index contributed by atoms with van der Waals surface area (Å²) in [5, 5.41) is 5.20. The predicted molar refractivity (Wildman–Crippen MR) is 142 cm³/mol. The lowest BCUT2D eigenvalue weighted by molar-refractivity contribution is -0.149. The third kappa shape index (κ3) is 8.47. The van der Waals surface area contributed by atoms with Crippen molar-refractivity contribution in [3.05, 3.63) is 29.3 Å². The lowest BCUT2D eigenvalue weighted by Crippen LogP contribution is -2.54. The van der Waals surface area contributed by atoms with Crippen molar-refractivity contribution < 1.29 is 47.7 Å². The molecule has 2 aliphatic heterocycles. The molecule has 1 fully saturated rings. The lowest BCUT2D eigenvalue weighted by Gasteiger charge is -2.32. The quantitative estimate of drug-likeness (QED) is 0.249. The second kappa shape index (κ2) is 14.0. The molecule has 1 unspecified atom stereocenters. The van der Waals surface area contributed by atoms with Crippen LogP contribution in [0.1, 0.15) is 54.3 Å². The minimum Gasteiger partial charge on any atom is -0.483 e. The van der Waals surface area contributed by atoms with Gasteiger partial charge < -0.3 is 29.6 Å². The van der Waals surface area contributed by atoms with Crippen LogP contribution < -0.4 is 15.4 Å². The van der Waals surface area contributed by atoms with E-state index in [9.17, 15) is 28.8 Å². The van der Waals surface area contributed by atoms with E-state index in [0.29, 0.717) is 19.8 Å². The molecule has 1 aromatic rings. The number of nitrogens with one attached hydrogen (secondary N) is 2. The predicted octanol–water partition coefficient (Wildman–Crippen LogP) is 0.483. The zero-order valence-electron chi connectivity index (χ0n) is 23.7. The normalized spacial score (nSPS) is 17.0. The number of hydrogen-bond acceptors (Lipinski definition) is 10. The summed E-state index contributed by atoms with van der Waals surface area (Å²) in [6.45, 7) is 6.51. The minimum absolute atomic E-state index is 0.0257. The summed E-state index contributed by atoms with van der Waals surface area (Å²) >= 11 is 0. The summed E-state index contributed by atoms with van der Waals surface area (Å²) in [4.78, 5) is 76.1. The van der Waals surface area contributed by atoms with Crippen molar-refractivity contribution in [1.29, 1.82) is 0 Å². The minimum atomic E-state index is -1.08. The number of imide groups is 2. The van der Waals surface area contributed by atoms with E-state index in [1.54, 1.807) is 20.8 Å². The molecule has 2 N–H and O–H groups in total. The molecule has 1 aromatic carbocycles. The number of likely N-dealkylation sites (tertiary alicyclic amines) is 1. The van der Waals surface area contributed by atoms with Gasteiger partial charge in [-0.05, 0) is 39.3 Å². The number of alkyl carbamates (subject to hydrolysis) is 1. The fourth-order valence-corrected chi connectivity index (χ4v) is 4.13. The molecule has 1 atom stereocenters. The molecule has 1 saturated heterocycles. The van der Waals surface area contributed by atoms with Gasteiger partial charge in [0, 0.05) is 26.6 Å². The average Bonchev–Trinajstić information content (AvgIpc) is 3.16. The van der Waals surface area contributed by atoms with Crippen LogP contribution >= 0.6 is 0 Å². The number of amides is 6. The second-order valence-electron chi connectivity index (χ2n) is 10.3. The number of piperidine rings is 1. The number of hydrogen-bond donors (Lipinski definition) is 2. The number of benzene rings is 1. The van der Waals surface area contributed by atoms with E-state index in [1.807, 2.05) is 0 Å². The molecule has 6 amide bonds.